The van der Waals surface area contributed by atoms with E-state index in [9.17, 15) is 10.2 Å². The predicted molar refractivity (Wildman–Crippen MR) is 103 cm³/mol. The number of rotatable bonds is 0. The summed E-state index contributed by atoms with van der Waals surface area (Å²) in [6.07, 6.45) is 0. The summed E-state index contributed by atoms with van der Waals surface area (Å²) in [6.45, 7) is 6.52. The third-order valence-electron chi connectivity index (χ3n) is 3.51. The average Bonchev–Trinajstić information content (AvgIpc) is 2.56. The van der Waals surface area contributed by atoms with Crippen molar-refractivity contribution >= 4 is 21.8 Å². The molecular formula is C22H20N2O2. The van der Waals surface area contributed by atoms with Gasteiger partial charge in [0, 0.05) is 10.8 Å². The number of hydrogen-bond donors (Lipinski definition) is 2. The summed E-state index contributed by atoms with van der Waals surface area (Å²) in [5.41, 5.74) is 0.457. The van der Waals surface area contributed by atoms with Crippen LogP contribution < -0.4 is 0 Å². The van der Waals surface area contributed by atoms with Gasteiger partial charge < -0.3 is 10.2 Å². The molecule has 0 aliphatic carbocycles. The summed E-state index contributed by atoms with van der Waals surface area (Å²) < 4.78 is 0. The van der Waals surface area contributed by atoms with Crippen LogP contribution in [0.2, 0.25) is 0 Å². The molecule has 0 fully saturated rings. The Balaban J connectivity index is 2.18. The third-order valence-corrected chi connectivity index (χ3v) is 3.51. The zero-order chi connectivity index (χ0) is 18.9. The Morgan fingerprint density at radius 1 is 0.654 bits per heavy atom. The van der Waals surface area contributed by atoms with Gasteiger partial charge in [0.2, 0.25) is 0 Å². The Kier molecular flexibility index (Phi) is 4.42. The van der Waals surface area contributed by atoms with Crippen molar-refractivity contribution in [3.63, 3.8) is 0 Å². The molecule has 0 radical (unpaired) electrons. The summed E-state index contributed by atoms with van der Waals surface area (Å²) in [4.78, 5) is 9.22. The smallest absolute Gasteiger partial charge is 0.120 e. The lowest BCUT2D eigenvalue weighted by Crippen LogP contribution is -2.14. The van der Waals surface area contributed by atoms with Gasteiger partial charge >= 0.3 is 0 Å². The molecule has 0 atom stereocenters. The minimum absolute atomic E-state index is 0.571. The summed E-state index contributed by atoms with van der Waals surface area (Å²) in [6, 6.07) is 11.5. The molecule has 3 aromatic rings. The van der Waals surface area contributed by atoms with Gasteiger partial charge in [-0.05, 0) is 63.8 Å². The van der Waals surface area contributed by atoms with Gasteiger partial charge in [0.15, 0.2) is 0 Å². The predicted octanol–water partition coefficient (Wildman–Crippen LogP) is 3.03. The molecule has 4 nitrogen and oxygen atoms in total. The van der Waals surface area contributed by atoms with E-state index in [2.05, 4.69) is 33.6 Å². The van der Waals surface area contributed by atoms with Gasteiger partial charge in [-0.1, -0.05) is 24.0 Å². The van der Waals surface area contributed by atoms with Crippen molar-refractivity contribution in [2.45, 2.75) is 38.9 Å². The molecule has 0 aliphatic heterocycles. The van der Waals surface area contributed by atoms with Gasteiger partial charge in [-0.25, -0.2) is 9.97 Å². The van der Waals surface area contributed by atoms with Crippen LogP contribution in [-0.2, 0) is 0 Å². The molecule has 130 valence electrons. The lowest BCUT2D eigenvalue weighted by atomic mass is 10.1. The van der Waals surface area contributed by atoms with Crippen LogP contribution in [0, 0.1) is 23.7 Å². The molecule has 0 aliphatic rings. The van der Waals surface area contributed by atoms with Gasteiger partial charge in [0.1, 0.15) is 22.6 Å². The minimum atomic E-state index is -1.08. The van der Waals surface area contributed by atoms with Crippen LogP contribution in [0.15, 0.2) is 36.4 Å². The molecule has 0 saturated heterocycles. The topological polar surface area (TPSA) is 66.2 Å². The first-order valence-electron chi connectivity index (χ1n) is 8.32. The van der Waals surface area contributed by atoms with E-state index in [0.717, 1.165) is 21.8 Å². The summed E-state index contributed by atoms with van der Waals surface area (Å²) in [7, 11) is 0. The van der Waals surface area contributed by atoms with E-state index in [4.69, 9.17) is 0 Å². The molecule has 2 heterocycles. The first kappa shape index (κ1) is 17.9. The molecule has 0 saturated carbocycles. The van der Waals surface area contributed by atoms with Crippen LogP contribution in [0.5, 0.6) is 0 Å². The van der Waals surface area contributed by atoms with Crippen LogP contribution >= 0.6 is 0 Å². The van der Waals surface area contributed by atoms with Crippen molar-refractivity contribution in [2.24, 2.45) is 0 Å². The third kappa shape index (κ3) is 4.37. The maximum Gasteiger partial charge on any atom is 0.120 e. The Hall–Kier alpha value is -2.92. The number of fused-ring (bicyclic) bond motifs is 3. The average molecular weight is 344 g/mol. The molecule has 0 amide bonds. The summed E-state index contributed by atoms with van der Waals surface area (Å²) >= 11 is 0. The Morgan fingerprint density at radius 2 is 1.00 bits per heavy atom. The van der Waals surface area contributed by atoms with E-state index >= 15 is 0 Å². The maximum absolute atomic E-state index is 9.78. The van der Waals surface area contributed by atoms with Gasteiger partial charge in [0.05, 0.1) is 11.0 Å². The molecular weight excluding hydrogens is 324 g/mol. The second kappa shape index (κ2) is 6.42. The van der Waals surface area contributed by atoms with Gasteiger partial charge in [-0.3, -0.25) is 0 Å². The van der Waals surface area contributed by atoms with Gasteiger partial charge in [0.25, 0.3) is 0 Å². The monoisotopic (exact) mass is 344 g/mol. The highest BCUT2D eigenvalue weighted by Crippen LogP contribution is 2.23. The standard InChI is InChI=1S/C22H20N2O2/c1-21(2,25)13-11-17-9-7-15-5-6-16-8-10-18(12-14-22(3,4)26)24-20(16)19(15)23-17/h5-10,25-26H,1-4H3. The summed E-state index contributed by atoms with van der Waals surface area (Å²) in [5.74, 6) is 11.3. The normalized spacial score (nSPS) is 11.6. The fraction of sp³-hybridized carbons (Fsp3) is 0.273. The molecule has 3 rings (SSSR count). The molecule has 1 aromatic carbocycles. The number of hydrogen-bond acceptors (Lipinski definition) is 4. The van der Waals surface area contributed by atoms with Gasteiger partial charge in [-0.15, -0.1) is 0 Å². The van der Waals surface area contributed by atoms with Crippen molar-refractivity contribution in [1.82, 2.24) is 9.97 Å². The molecule has 4 heteroatoms. The van der Waals surface area contributed by atoms with Crippen LogP contribution in [0.4, 0.5) is 0 Å². The van der Waals surface area contributed by atoms with Crippen molar-refractivity contribution in [1.29, 1.82) is 0 Å². The fourth-order valence-electron chi connectivity index (χ4n) is 2.34. The van der Waals surface area contributed by atoms with Crippen molar-refractivity contribution in [3.8, 4) is 23.7 Å². The van der Waals surface area contributed by atoms with E-state index in [1.807, 2.05) is 36.4 Å². The Labute approximate surface area is 152 Å². The highest BCUT2D eigenvalue weighted by atomic mass is 16.3. The van der Waals surface area contributed by atoms with E-state index in [1.165, 1.54) is 0 Å². The second-order valence-electron chi connectivity index (χ2n) is 7.22. The van der Waals surface area contributed by atoms with E-state index in [-0.39, 0.29) is 0 Å². The van der Waals surface area contributed by atoms with E-state index < -0.39 is 11.2 Å². The number of benzene rings is 1. The molecule has 2 aromatic heterocycles. The first-order chi connectivity index (χ1) is 12.1. The fourth-order valence-corrected chi connectivity index (χ4v) is 2.34. The molecule has 0 unspecified atom stereocenters. The van der Waals surface area contributed by atoms with Crippen molar-refractivity contribution in [3.05, 3.63) is 47.8 Å². The van der Waals surface area contributed by atoms with E-state index in [0.29, 0.717) is 11.4 Å². The number of pyridine rings is 2. The quantitative estimate of drug-likeness (QED) is 0.486. The highest BCUT2D eigenvalue weighted by molar-refractivity contribution is 6.02. The molecule has 0 spiro atoms. The van der Waals surface area contributed by atoms with Gasteiger partial charge in [-0.2, -0.15) is 0 Å². The second-order valence-corrected chi connectivity index (χ2v) is 7.22. The SMILES string of the molecule is CC(C)(O)C#Cc1ccc2ccc3ccc(C#CC(C)(C)O)nc3c2n1. The molecule has 2 N–H and O–H groups in total. The first-order valence-corrected chi connectivity index (χ1v) is 8.32. The lowest BCUT2D eigenvalue weighted by molar-refractivity contribution is 0.143. The van der Waals surface area contributed by atoms with Crippen molar-refractivity contribution < 1.29 is 10.2 Å². The largest absolute Gasteiger partial charge is 0.378 e. The summed E-state index contributed by atoms with van der Waals surface area (Å²) in [5, 5.41) is 21.5. The highest BCUT2D eigenvalue weighted by Gasteiger charge is 2.09. The Bertz CT molecular complexity index is 1020. The molecule has 26 heavy (non-hydrogen) atoms. The van der Waals surface area contributed by atoms with Crippen molar-refractivity contribution in [2.75, 3.05) is 0 Å². The number of aromatic nitrogens is 2. The van der Waals surface area contributed by atoms with Crippen LogP contribution in [0.25, 0.3) is 21.8 Å². The Morgan fingerprint density at radius 3 is 1.35 bits per heavy atom. The zero-order valence-electron chi connectivity index (χ0n) is 15.3. The zero-order valence-corrected chi connectivity index (χ0v) is 15.3. The number of aliphatic hydroxyl groups is 2. The van der Waals surface area contributed by atoms with Crippen LogP contribution in [0.1, 0.15) is 39.1 Å². The lowest BCUT2D eigenvalue weighted by Gasteiger charge is -2.07. The van der Waals surface area contributed by atoms with E-state index in [1.54, 1.807) is 27.7 Å². The minimum Gasteiger partial charge on any atom is -0.378 e. The number of nitrogens with zero attached hydrogens (tertiary/aromatic N) is 2. The van der Waals surface area contributed by atoms with Crippen LogP contribution in [-0.4, -0.2) is 31.4 Å². The van der Waals surface area contributed by atoms with Crippen LogP contribution in [0.3, 0.4) is 0 Å². The maximum atomic E-state index is 9.78. The molecule has 0 bridgehead atoms.